The molecule has 1 aliphatic rings. The van der Waals surface area contributed by atoms with E-state index in [1.807, 2.05) is 30.3 Å². The zero-order valence-corrected chi connectivity index (χ0v) is 16.5. The third kappa shape index (κ3) is 6.12. The van der Waals surface area contributed by atoms with Crippen LogP contribution in [0.2, 0.25) is 0 Å². The Morgan fingerprint density at radius 3 is 2.36 bits per heavy atom. The van der Waals surface area contributed by atoms with Crippen LogP contribution in [0.15, 0.2) is 59.6 Å². The monoisotopic (exact) mass is 378 g/mol. The van der Waals surface area contributed by atoms with Gasteiger partial charge in [0.15, 0.2) is 5.96 Å². The minimum absolute atomic E-state index is 0.0494. The quantitative estimate of drug-likeness (QED) is 0.528. The summed E-state index contributed by atoms with van der Waals surface area (Å²) in [7, 11) is 0. The molecule has 4 N–H and O–H groups in total. The maximum atomic E-state index is 11.3. The molecule has 148 valence electrons. The van der Waals surface area contributed by atoms with E-state index in [9.17, 15) is 4.79 Å². The number of primary amides is 1. The number of nitrogens with zero attached hydrogens (tertiary/aromatic N) is 1. The van der Waals surface area contributed by atoms with Crippen LogP contribution in [0.1, 0.15) is 36.8 Å². The third-order valence-electron chi connectivity index (χ3n) is 5.38. The zero-order chi connectivity index (χ0) is 19.8. The molecule has 0 saturated heterocycles. The molecule has 5 heteroatoms. The molecule has 5 nitrogen and oxygen atoms in total. The third-order valence-corrected chi connectivity index (χ3v) is 5.38. The summed E-state index contributed by atoms with van der Waals surface area (Å²) >= 11 is 0. The van der Waals surface area contributed by atoms with E-state index in [2.05, 4.69) is 41.8 Å². The van der Waals surface area contributed by atoms with Crippen molar-refractivity contribution < 1.29 is 4.79 Å². The molecular formula is C23H30N4O. The summed E-state index contributed by atoms with van der Waals surface area (Å²) in [5, 5.41) is 6.88. The second-order valence-electron chi connectivity index (χ2n) is 7.64. The van der Waals surface area contributed by atoms with E-state index in [4.69, 9.17) is 10.7 Å². The molecule has 28 heavy (non-hydrogen) atoms. The predicted molar refractivity (Wildman–Crippen MR) is 115 cm³/mol. The van der Waals surface area contributed by atoms with Gasteiger partial charge < -0.3 is 16.4 Å². The highest BCUT2D eigenvalue weighted by atomic mass is 16.1. The fourth-order valence-corrected chi connectivity index (χ4v) is 3.55. The van der Waals surface area contributed by atoms with Gasteiger partial charge in [-0.15, -0.1) is 0 Å². The number of carbonyl (C=O) groups is 1. The molecule has 1 amide bonds. The highest BCUT2D eigenvalue weighted by Gasteiger charge is 2.24. The lowest BCUT2D eigenvalue weighted by molar-refractivity contribution is -0.122. The SMILES string of the molecule is Cc1ccc(CN=C(NCC2CCC(C(N)=O)CC2)Nc2ccccc2)cc1. The summed E-state index contributed by atoms with van der Waals surface area (Å²) in [6, 6.07) is 18.5. The second kappa shape index (κ2) is 9.93. The largest absolute Gasteiger partial charge is 0.369 e. The molecule has 1 aliphatic carbocycles. The first-order chi connectivity index (χ1) is 13.6. The average molecular weight is 379 g/mol. The Labute approximate surface area is 167 Å². The van der Waals surface area contributed by atoms with Crippen molar-refractivity contribution in [1.29, 1.82) is 0 Å². The lowest BCUT2D eigenvalue weighted by atomic mass is 9.82. The van der Waals surface area contributed by atoms with Crippen molar-refractivity contribution in [3.63, 3.8) is 0 Å². The van der Waals surface area contributed by atoms with E-state index in [-0.39, 0.29) is 11.8 Å². The number of aliphatic imine (C=N–C) groups is 1. The Hall–Kier alpha value is -2.82. The van der Waals surface area contributed by atoms with Gasteiger partial charge in [0.1, 0.15) is 0 Å². The molecule has 0 aromatic heterocycles. The Morgan fingerprint density at radius 2 is 1.71 bits per heavy atom. The van der Waals surface area contributed by atoms with Crippen LogP contribution in [-0.2, 0) is 11.3 Å². The van der Waals surface area contributed by atoms with Crippen LogP contribution in [0.25, 0.3) is 0 Å². The van der Waals surface area contributed by atoms with Crippen molar-refractivity contribution in [1.82, 2.24) is 5.32 Å². The Morgan fingerprint density at radius 1 is 1.04 bits per heavy atom. The highest BCUT2D eigenvalue weighted by molar-refractivity contribution is 5.93. The van der Waals surface area contributed by atoms with E-state index >= 15 is 0 Å². The van der Waals surface area contributed by atoms with Crippen LogP contribution in [0.3, 0.4) is 0 Å². The number of hydrogen-bond acceptors (Lipinski definition) is 2. The Balaban J connectivity index is 1.60. The van der Waals surface area contributed by atoms with Gasteiger partial charge in [-0.1, -0.05) is 48.0 Å². The number of hydrogen-bond donors (Lipinski definition) is 3. The van der Waals surface area contributed by atoms with Gasteiger partial charge in [-0.3, -0.25) is 4.79 Å². The molecule has 0 aliphatic heterocycles. The second-order valence-corrected chi connectivity index (χ2v) is 7.64. The zero-order valence-electron chi connectivity index (χ0n) is 16.5. The number of amides is 1. The average Bonchev–Trinajstić information content (AvgIpc) is 2.72. The van der Waals surface area contributed by atoms with Gasteiger partial charge in [-0.05, 0) is 56.2 Å². The minimum atomic E-state index is -0.155. The highest BCUT2D eigenvalue weighted by Crippen LogP contribution is 2.28. The minimum Gasteiger partial charge on any atom is -0.369 e. The predicted octanol–water partition coefficient (Wildman–Crippen LogP) is 3.84. The van der Waals surface area contributed by atoms with Gasteiger partial charge >= 0.3 is 0 Å². The van der Waals surface area contributed by atoms with Gasteiger partial charge in [-0.2, -0.15) is 0 Å². The standard InChI is InChI=1S/C23H30N4O/c1-17-7-9-18(10-8-17)15-25-23(27-21-5-3-2-4-6-21)26-16-19-11-13-20(14-12-19)22(24)28/h2-10,19-20H,11-16H2,1H3,(H2,24,28)(H2,25,26,27). The number of para-hydroxylation sites is 1. The van der Waals surface area contributed by atoms with Crippen LogP contribution >= 0.6 is 0 Å². The maximum Gasteiger partial charge on any atom is 0.220 e. The molecule has 1 fully saturated rings. The number of benzene rings is 2. The fourth-order valence-electron chi connectivity index (χ4n) is 3.55. The van der Waals surface area contributed by atoms with Gasteiger partial charge in [0.2, 0.25) is 5.91 Å². The van der Waals surface area contributed by atoms with Crippen molar-refractivity contribution in [2.24, 2.45) is 22.6 Å². The smallest absolute Gasteiger partial charge is 0.220 e. The normalized spacial score (nSPS) is 19.8. The summed E-state index contributed by atoms with van der Waals surface area (Å²) in [6.45, 7) is 3.55. The van der Waals surface area contributed by atoms with Gasteiger partial charge in [0.25, 0.3) is 0 Å². The maximum absolute atomic E-state index is 11.3. The first-order valence-corrected chi connectivity index (χ1v) is 10.1. The molecule has 2 aromatic rings. The molecule has 2 aromatic carbocycles. The van der Waals surface area contributed by atoms with Gasteiger partial charge in [0.05, 0.1) is 6.54 Å². The van der Waals surface area contributed by atoms with E-state index in [1.54, 1.807) is 0 Å². The van der Waals surface area contributed by atoms with Crippen LogP contribution < -0.4 is 16.4 Å². The number of guanidine groups is 1. The summed E-state index contributed by atoms with van der Waals surface area (Å²) in [5.74, 6) is 1.22. The molecule has 3 rings (SSSR count). The molecule has 0 heterocycles. The van der Waals surface area contributed by atoms with Crippen LogP contribution in [-0.4, -0.2) is 18.4 Å². The van der Waals surface area contributed by atoms with E-state index in [0.717, 1.165) is 43.9 Å². The Kier molecular flexibility index (Phi) is 7.06. The van der Waals surface area contributed by atoms with Crippen molar-refractivity contribution in [3.8, 4) is 0 Å². The lowest BCUT2D eigenvalue weighted by Crippen LogP contribution is -2.37. The fraction of sp³-hybridized carbons (Fsp3) is 0.391. The lowest BCUT2D eigenvalue weighted by Gasteiger charge is -2.27. The topological polar surface area (TPSA) is 79.5 Å². The molecule has 0 radical (unpaired) electrons. The summed E-state index contributed by atoms with van der Waals surface area (Å²) in [5.41, 5.74) is 8.88. The first-order valence-electron chi connectivity index (χ1n) is 10.1. The van der Waals surface area contributed by atoms with Crippen LogP contribution in [0.4, 0.5) is 5.69 Å². The number of nitrogens with one attached hydrogen (secondary N) is 2. The molecule has 0 atom stereocenters. The van der Waals surface area contributed by atoms with Crippen molar-refractivity contribution in [2.45, 2.75) is 39.2 Å². The number of nitrogens with two attached hydrogens (primary N) is 1. The number of aryl methyl sites for hydroxylation is 1. The van der Waals surface area contributed by atoms with Crippen molar-refractivity contribution in [2.75, 3.05) is 11.9 Å². The van der Waals surface area contributed by atoms with E-state index < -0.39 is 0 Å². The summed E-state index contributed by atoms with van der Waals surface area (Å²) in [4.78, 5) is 16.1. The van der Waals surface area contributed by atoms with E-state index in [1.165, 1.54) is 11.1 Å². The Bertz CT molecular complexity index is 778. The van der Waals surface area contributed by atoms with Crippen LogP contribution in [0.5, 0.6) is 0 Å². The molecule has 0 spiro atoms. The molecule has 0 bridgehead atoms. The first kappa shape index (κ1) is 19.9. The van der Waals surface area contributed by atoms with Crippen LogP contribution in [0, 0.1) is 18.8 Å². The van der Waals surface area contributed by atoms with Gasteiger partial charge in [0, 0.05) is 18.2 Å². The number of carbonyl (C=O) groups excluding carboxylic acids is 1. The number of rotatable bonds is 6. The summed E-state index contributed by atoms with van der Waals surface area (Å²) < 4.78 is 0. The number of anilines is 1. The van der Waals surface area contributed by atoms with E-state index in [0.29, 0.717) is 12.5 Å². The molecular weight excluding hydrogens is 348 g/mol. The van der Waals surface area contributed by atoms with Gasteiger partial charge in [-0.25, -0.2) is 4.99 Å². The van der Waals surface area contributed by atoms with Crippen molar-refractivity contribution in [3.05, 3.63) is 65.7 Å². The molecule has 1 saturated carbocycles. The summed E-state index contributed by atoms with van der Waals surface area (Å²) in [6.07, 6.45) is 3.83. The molecule has 0 unspecified atom stereocenters. The van der Waals surface area contributed by atoms with Crippen molar-refractivity contribution >= 4 is 17.6 Å².